The number of para-hydroxylation sites is 1. The van der Waals surface area contributed by atoms with E-state index in [0.29, 0.717) is 17.4 Å². The van der Waals surface area contributed by atoms with Crippen molar-refractivity contribution in [1.29, 1.82) is 0 Å². The predicted octanol–water partition coefficient (Wildman–Crippen LogP) is 4.36. The summed E-state index contributed by atoms with van der Waals surface area (Å²) in [5.41, 5.74) is 3.76. The van der Waals surface area contributed by atoms with E-state index in [-0.39, 0.29) is 6.61 Å². The Bertz CT molecular complexity index is 943. The Hall–Kier alpha value is -2.79. The molecule has 134 valence electrons. The molecule has 0 unspecified atom stereocenters. The highest BCUT2D eigenvalue weighted by Gasteiger charge is 2.07. The van der Waals surface area contributed by atoms with Crippen molar-refractivity contribution in [2.24, 2.45) is 0 Å². The quantitative estimate of drug-likeness (QED) is 0.516. The van der Waals surface area contributed by atoms with Crippen LogP contribution in [0.1, 0.15) is 11.1 Å². The third-order valence-electron chi connectivity index (χ3n) is 4.00. The molecule has 0 aliphatic carbocycles. The molecule has 2 aromatic carbocycles. The van der Waals surface area contributed by atoms with Crippen LogP contribution in [0.2, 0.25) is 5.15 Å². The van der Waals surface area contributed by atoms with Gasteiger partial charge in [0.2, 0.25) is 0 Å². The molecule has 5 nitrogen and oxygen atoms in total. The summed E-state index contributed by atoms with van der Waals surface area (Å²) in [6, 6.07) is 15.5. The Morgan fingerprint density at radius 1 is 1.19 bits per heavy atom. The molecule has 1 N–H and O–H groups in total. The average Bonchev–Trinajstić information content (AvgIpc) is 2.65. The predicted molar refractivity (Wildman–Crippen MR) is 103 cm³/mol. The number of rotatable bonds is 6. The van der Waals surface area contributed by atoms with Gasteiger partial charge in [0.25, 0.3) is 0 Å². The summed E-state index contributed by atoms with van der Waals surface area (Å²) in [4.78, 5) is 15.6. The van der Waals surface area contributed by atoms with Crippen molar-refractivity contribution in [2.75, 3.05) is 19.0 Å². The van der Waals surface area contributed by atoms with Crippen LogP contribution in [0, 0.1) is 6.92 Å². The zero-order chi connectivity index (χ0) is 18.5. The first-order chi connectivity index (χ1) is 12.6. The lowest BCUT2D eigenvalue weighted by Crippen LogP contribution is -2.12. The van der Waals surface area contributed by atoms with Gasteiger partial charge in [-0.25, -0.2) is 9.78 Å². The zero-order valence-electron chi connectivity index (χ0n) is 14.6. The van der Waals surface area contributed by atoms with Crippen molar-refractivity contribution in [3.8, 4) is 5.75 Å². The average molecular weight is 371 g/mol. The number of esters is 1. The maximum absolute atomic E-state index is 11.1. The molecule has 0 atom stereocenters. The van der Waals surface area contributed by atoms with E-state index < -0.39 is 5.97 Å². The molecule has 0 saturated carbocycles. The van der Waals surface area contributed by atoms with E-state index in [4.69, 9.17) is 16.3 Å². The van der Waals surface area contributed by atoms with E-state index in [1.165, 1.54) is 7.11 Å². The van der Waals surface area contributed by atoms with Crippen LogP contribution in [-0.2, 0) is 16.1 Å². The molecular formula is C20H19ClN2O3. The number of aryl methyl sites for hydroxylation is 1. The fraction of sp³-hybridized carbons (Fsp3) is 0.200. The standard InChI is InChI=1S/C20H19ClN2O3/c1-13-9-16(26-12-19(24)25-2)7-8-17(13)22-11-15-10-14-5-3-4-6-18(14)23-20(15)21/h3-10,22H,11-12H2,1-2H3. The molecule has 0 saturated heterocycles. The molecule has 0 radical (unpaired) electrons. The van der Waals surface area contributed by atoms with Crippen molar-refractivity contribution in [3.05, 3.63) is 64.8 Å². The number of fused-ring (bicyclic) bond motifs is 1. The first kappa shape index (κ1) is 18.0. The fourth-order valence-corrected chi connectivity index (χ4v) is 2.79. The molecule has 26 heavy (non-hydrogen) atoms. The second-order valence-electron chi connectivity index (χ2n) is 5.83. The highest BCUT2D eigenvalue weighted by molar-refractivity contribution is 6.30. The molecule has 1 heterocycles. The second kappa shape index (κ2) is 8.06. The van der Waals surface area contributed by atoms with Gasteiger partial charge in [0.1, 0.15) is 10.9 Å². The summed E-state index contributed by atoms with van der Waals surface area (Å²) in [5, 5.41) is 4.91. The number of ether oxygens (including phenoxy) is 2. The molecule has 0 fully saturated rings. The molecular weight excluding hydrogens is 352 g/mol. The third-order valence-corrected chi connectivity index (χ3v) is 4.33. The van der Waals surface area contributed by atoms with E-state index >= 15 is 0 Å². The lowest BCUT2D eigenvalue weighted by molar-refractivity contribution is -0.142. The van der Waals surface area contributed by atoms with Crippen molar-refractivity contribution >= 4 is 34.2 Å². The van der Waals surface area contributed by atoms with Gasteiger partial charge in [0, 0.05) is 23.2 Å². The molecule has 0 spiro atoms. The number of hydrogen-bond donors (Lipinski definition) is 1. The van der Waals surface area contributed by atoms with Gasteiger partial charge in [-0.2, -0.15) is 0 Å². The number of carbonyl (C=O) groups excluding carboxylic acids is 1. The van der Waals surface area contributed by atoms with Crippen LogP contribution in [0.15, 0.2) is 48.5 Å². The number of pyridine rings is 1. The van der Waals surface area contributed by atoms with E-state index in [0.717, 1.165) is 27.7 Å². The summed E-state index contributed by atoms with van der Waals surface area (Å²) < 4.78 is 9.95. The van der Waals surface area contributed by atoms with Crippen LogP contribution in [0.25, 0.3) is 10.9 Å². The van der Waals surface area contributed by atoms with Gasteiger partial charge in [0.15, 0.2) is 6.61 Å². The van der Waals surface area contributed by atoms with E-state index in [1.807, 2.05) is 49.4 Å². The van der Waals surface area contributed by atoms with Gasteiger partial charge in [0.05, 0.1) is 12.6 Å². The summed E-state index contributed by atoms with van der Waals surface area (Å²) in [5.74, 6) is 0.201. The number of aromatic nitrogens is 1. The summed E-state index contributed by atoms with van der Waals surface area (Å²) in [6.45, 7) is 2.41. The Labute approximate surface area is 156 Å². The molecule has 3 aromatic rings. The first-order valence-corrected chi connectivity index (χ1v) is 8.53. The van der Waals surface area contributed by atoms with Crippen molar-refractivity contribution in [3.63, 3.8) is 0 Å². The monoisotopic (exact) mass is 370 g/mol. The van der Waals surface area contributed by atoms with Crippen LogP contribution in [0.5, 0.6) is 5.75 Å². The first-order valence-electron chi connectivity index (χ1n) is 8.15. The van der Waals surface area contributed by atoms with Gasteiger partial charge in [-0.3, -0.25) is 0 Å². The van der Waals surface area contributed by atoms with Crippen LogP contribution >= 0.6 is 11.6 Å². The van der Waals surface area contributed by atoms with Gasteiger partial charge in [-0.05, 0) is 42.8 Å². The minimum absolute atomic E-state index is 0.110. The lowest BCUT2D eigenvalue weighted by Gasteiger charge is -2.13. The molecule has 0 aliphatic rings. The Morgan fingerprint density at radius 3 is 2.77 bits per heavy atom. The molecule has 3 rings (SSSR count). The zero-order valence-corrected chi connectivity index (χ0v) is 15.3. The highest BCUT2D eigenvalue weighted by Crippen LogP contribution is 2.24. The summed E-state index contributed by atoms with van der Waals surface area (Å²) >= 11 is 6.30. The normalized spacial score (nSPS) is 10.6. The van der Waals surface area contributed by atoms with Crippen molar-refractivity contribution < 1.29 is 14.3 Å². The van der Waals surface area contributed by atoms with Crippen molar-refractivity contribution in [1.82, 2.24) is 4.98 Å². The van der Waals surface area contributed by atoms with E-state index in [1.54, 1.807) is 6.07 Å². The minimum Gasteiger partial charge on any atom is -0.482 e. The number of nitrogens with one attached hydrogen (secondary N) is 1. The number of nitrogens with zero attached hydrogens (tertiary/aromatic N) is 1. The third kappa shape index (κ3) is 4.24. The summed E-state index contributed by atoms with van der Waals surface area (Å²) in [7, 11) is 1.33. The number of carbonyl (C=O) groups is 1. The Kier molecular flexibility index (Phi) is 5.58. The smallest absolute Gasteiger partial charge is 0.343 e. The van der Waals surface area contributed by atoms with Crippen LogP contribution in [0.4, 0.5) is 5.69 Å². The van der Waals surface area contributed by atoms with E-state index in [9.17, 15) is 4.79 Å². The van der Waals surface area contributed by atoms with Gasteiger partial charge < -0.3 is 14.8 Å². The summed E-state index contributed by atoms with van der Waals surface area (Å²) in [6.07, 6.45) is 0. The van der Waals surface area contributed by atoms with Crippen molar-refractivity contribution in [2.45, 2.75) is 13.5 Å². The van der Waals surface area contributed by atoms with Gasteiger partial charge in [-0.1, -0.05) is 29.8 Å². The van der Waals surface area contributed by atoms with Crippen LogP contribution < -0.4 is 10.1 Å². The topological polar surface area (TPSA) is 60.5 Å². The number of halogens is 1. The van der Waals surface area contributed by atoms with Gasteiger partial charge >= 0.3 is 5.97 Å². The number of methoxy groups -OCH3 is 1. The maximum atomic E-state index is 11.1. The largest absolute Gasteiger partial charge is 0.482 e. The molecule has 0 bridgehead atoms. The number of hydrogen-bond acceptors (Lipinski definition) is 5. The fourth-order valence-electron chi connectivity index (χ4n) is 2.58. The molecule has 0 aliphatic heterocycles. The SMILES string of the molecule is COC(=O)COc1ccc(NCc2cc3ccccc3nc2Cl)c(C)c1. The number of benzene rings is 2. The second-order valence-corrected chi connectivity index (χ2v) is 6.18. The number of anilines is 1. The van der Waals surface area contributed by atoms with Crippen LogP contribution in [-0.4, -0.2) is 24.7 Å². The minimum atomic E-state index is -0.414. The Balaban J connectivity index is 1.69. The van der Waals surface area contributed by atoms with Crippen LogP contribution in [0.3, 0.4) is 0 Å². The molecule has 1 aromatic heterocycles. The Morgan fingerprint density at radius 2 is 2.00 bits per heavy atom. The maximum Gasteiger partial charge on any atom is 0.343 e. The highest BCUT2D eigenvalue weighted by atomic mass is 35.5. The molecule has 0 amide bonds. The lowest BCUT2D eigenvalue weighted by atomic mass is 10.1. The van der Waals surface area contributed by atoms with E-state index in [2.05, 4.69) is 15.0 Å². The molecule has 6 heteroatoms. The van der Waals surface area contributed by atoms with Gasteiger partial charge in [-0.15, -0.1) is 0 Å².